The highest BCUT2D eigenvalue weighted by molar-refractivity contribution is 6.01. The lowest BCUT2D eigenvalue weighted by Crippen LogP contribution is -2.42. The second-order valence-electron chi connectivity index (χ2n) is 4.59. The van der Waals surface area contributed by atoms with Crippen LogP contribution in [0.4, 0.5) is 5.69 Å². The molecule has 1 aliphatic heterocycles. The molecule has 1 unspecified atom stereocenters. The number of nitrogens with one attached hydrogen (secondary N) is 1. The molecular weight excluding hydrogens is 260 g/mol. The Kier molecular flexibility index (Phi) is 4.24. The lowest BCUT2D eigenvalue weighted by molar-refractivity contribution is -0.125. The molecule has 0 saturated carbocycles. The Morgan fingerprint density at radius 3 is 2.95 bits per heavy atom. The topological polar surface area (TPSA) is 67.9 Å². The van der Waals surface area contributed by atoms with E-state index in [0.717, 1.165) is 0 Å². The van der Waals surface area contributed by atoms with Crippen LogP contribution in [0, 0.1) is 0 Å². The second-order valence-corrected chi connectivity index (χ2v) is 4.59. The Morgan fingerprint density at radius 2 is 2.25 bits per heavy atom. The van der Waals surface area contributed by atoms with Gasteiger partial charge < -0.3 is 19.7 Å². The summed E-state index contributed by atoms with van der Waals surface area (Å²) in [5, 5.41) is 2.74. The Bertz CT molecular complexity index is 530. The van der Waals surface area contributed by atoms with Crippen LogP contribution < -0.4 is 15.0 Å². The van der Waals surface area contributed by atoms with Crippen molar-refractivity contribution in [3.63, 3.8) is 0 Å². The fourth-order valence-electron chi connectivity index (χ4n) is 2.03. The van der Waals surface area contributed by atoms with Crippen molar-refractivity contribution >= 4 is 17.5 Å². The lowest BCUT2D eigenvalue weighted by atomic mass is 10.1. The molecule has 1 aromatic rings. The van der Waals surface area contributed by atoms with Gasteiger partial charge in [0.1, 0.15) is 5.75 Å². The van der Waals surface area contributed by atoms with Crippen molar-refractivity contribution in [2.24, 2.45) is 0 Å². The summed E-state index contributed by atoms with van der Waals surface area (Å²) in [5.41, 5.74) is 1.16. The average Bonchev–Trinajstić information content (AvgIpc) is 2.44. The molecule has 0 radical (unpaired) electrons. The summed E-state index contributed by atoms with van der Waals surface area (Å²) in [5.74, 6) is 0.245. The highest BCUT2D eigenvalue weighted by atomic mass is 16.5. The summed E-state index contributed by atoms with van der Waals surface area (Å²) >= 11 is 0. The smallest absolute Gasteiger partial charge is 0.267 e. The monoisotopic (exact) mass is 278 g/mol. The van der Waals surface area contributed by atoms with Gasteiger partial charge in [0.15, 0.2) is 6.10 Å². The van der Waals surface area contributed by atoms with E-state index in [1.54, 1.807) is 39.3 Å². The summed E-state index contributed by atoms with van der Waals surface area (Å²) in [6.07, 6.45) is -0.542. The number of ether oxygens (including phenoxy) is 2. The second kappa shape index (κ2) is 5.92. The molecule has 1 heterocycles. The maximum atomic E-state index is 11.9. The molecule has 2 rings (SSSR count). The van der Waals surface area contributed by atoms with E-state index in [4.69, 9.17) is 9.47 Å². The van der Waals surface area contributed by atoms with E-state index in [1.807, 2.05) is 0 Å². The van der Waals surface area contributed by atoms with Gasteiger partial charge in [-0.1, -0.05) is 0 Å². The van der Waals surface area contributed by atoms with Gasteiger partial charge in [-0.05, 0) is 25.1 Å². The van der Waals surface area contributed by atoms with Gasteiger partial charge in [0.05, 0.1) is 12.3 Å². The van der Waals surface area contributed by atoms with Crippen LogP contribution in [0.5, 0.6) is 5.75 Å². The maximum Gasteiger partial charge on any atom is 0.267 e. The number of hydrogen-bond acceptors (Lipinski definition) is 4. The fraction of sp³-hybridized carbons (Fsp3) is 0.429. The molecule has 1 N–H and O–H groups in total. The van der Waals surface area contributed by atoms with E-state index >= 15 is 0 Å². The van der Waals surface area contributed by atoms with Crippen LogP contribution >= 0.6 is 0 Å². The van der Waals surface area contributed by atoms with Gasteiger partial charge in [0, 0.05) is 26.3 Å². The quantitative estimate of drug-likeness (QED) is 0.827. The lowest BCUT2D eigenvalue weighted by Gasteiger charge is -2.30. The van der Waals surface area contributed by atoms with Crippen molar-refractivity contribution in [1.29, 1.82) is 0 Å². The fourth-order valence-corrected chi connectivity index (χ4v) is 2.03. The molecule has 20 heavy (non-hydrogen) atoms. The molecule has 0 aromatic heterocycles. The van der Waals surface area contributed by atoms with E-state index in [2.05, 4.69) is 5.32 Å². The molecule has 1 aliphatic rings. The summed E-state index contributed by atoms with van der Waals surface area (Å²) in [6.45, 7) is 2.59. The number of benzene rings is 1. The van der Waals surface area contributed by atoms with Crippen molar-refractivity contribution in [2.45, 2.75) is 13.0 Å². The first kappa shape index (κ1) is 14.3. The van der Waals surface area contributed by atoms with Gasteiger partial charge in [-0.3, -0.25) is 9.59 Å². The predicted octanol–water partition coefficient (Wildman–Crippen LogP) is 0.806. The molecule has 108 valence electrons. The van der Waals surface area contributed by atoms with Crippen LogP contribution in [0.25, 0.3) is 0 Å². The van der Waals surface area contributed by atoms with E-state index < -0.39 is 6.10 Å². The van der Waals surface area contributed by atoms with E-state index in [-0.39, 0.29) is 11.8 Å². The molecule has 0 saturated heterocycles. The third-order valence-corrected chi connectivity index (χ3v) is 3.16. The minimum Gasteiger partial charge on any atom is -0.479 e. The molecule has 0 fully saturated rings. The molecule has 2 amide bonds. The van der Waals surface area contributed by atoms with Gasteiger partial charge in [-0.15, -0.1) is 0 Å². The third kappa shape index (κ3) is 2.75. The first-order valence-electron chi connectivity index (χ1n) is 6.40. The van der Waals surface area contributed by atoms with Gasteiger partial charge in [0.2, 0.25) is 0 Å². The van der Waals surface area contributed by atoms with Crippen LogP contribution in [0.15, 0.2) is 18.2 Å². The number of likely N-dealkylation sites (N-methyl/N-ethyl adjacent to an activating group) is 1. The van der Waals surface area contributed by atoms with E-state index in [1.165, 1.54) is 4.90 Å². The zero-order valence-electron chi connectivity index (χ0n) is 11.8. The summed E-state index contributed by atoms with van der Waals surface area (Å²) in [7, 11) is 3.27. The molecule has 0 spiro atoms. The Hall–Kier alpha value is -2.08. The average molecular weight is 278 g/mol. The summed E-state index contributed by atoms with van der Waals surface area (Å²) < 4.78 is 10.4. The first-order chi connectivity index (χ1) is 9.54. The first-order valence-corrected chi connectivity index (χ1v) is 6.40. The molecule has 6 heteroatoms. The van der Waals surface area contributed by atoms with Gasteiger partial charge in [-0.25, -0.2) is 0 Å². The number of carbonyl (C=O) groups excluding carboxylic acids is 2. The number of methoxy groups -OCH3 is 1. The Balaban J connectivity index is 2.18. The van der Waals surface area contributed by atoms with E-state index in [0.29, 0.717) is 30.2 Å². The molecule has 6 nitrogen and oxygen atoms in total. The van der Waals surface area contributed by atoms with Crippen LogP contribution in [0.3, 0.4) is 0 Å². The number of fused-ring (bicyclic) bond motifs is 1. The zero-order chi connectivity index (χ0) is 14.7. The Labute approximate surface area is 117 Å². The van der Waals surface area contributed by atoms with Crippen molar-refractivity contribution in [3.05, 3.63) is 23.8 Å². The highest BCUT2D eigenvalue weighted by Gasteiger charge is 2.29. The normalized spacial score (nSPS) is 17.4. The molecule has 1 aromatic carbocycles. The molecule has 0 bridgehead atoms. The summed E-state index contributed by atoms with van der Waals surface area (Å²) in [4.78, 5) is 25.3. The van der Waals surface area contributed by atoms with Crippen LogP contribution in [0.1, 0.15) is 17.3 Å². The third-order valence-electron chi connectivity index (χ3n) is 3.16. The predicted molar refractivity (Wildman–Crippen MR) is 74.2 cm³/mol. The summed E-state index contributed by atoms with van der Waals surface area (Å²) in [6, 6.07) is 5.03. The number of anilines is 1. The number of amides is 2. The van der Waals surface area contributed by atoms with Crippen LogP contribution in [-0.2, 0) is 9.53 Å². The number of nitrogens with zero attached hydrogens (tertiary/aromatic N) is 1. The van der Waals surface area contributed by atoms with Crippen molar-refractivity contribution in [1.82, 2.24) is 5.32 Å². The van der Waals surface area contributed by atoms with Gasteiger partial charge in [-0.2, -0.15) is 0 Å². The number of rotatable bonds is 4. The maximum absolute atomic E-state index is 11.9. The van der Waals surface area contributed by atoms with Crippen LogP contribution in [0.2, 0.25) is 0 Å². The van der Waals surface area contributed by atoms with Crippen molar-refractivity contribution in [2.75, 3.05) is 32.2 Å². The van der Waals surface area contributed by atoms with E-state index in [9.17, 15) is 9.59 Å². The van der Waals surface area contributed by atoms with Gasteiger partial charge in [0.25, 0.3) is 11.8 Å². The number of hydrogen-bond donors (Lipinski definition) is 1. The van der Waals surface area contributed by atoms with Crippen LogP contribution in [-0.4, -0.2) is 45.2 Å². The highest BCUT2D eigenvalue weighted by Crippen LogP contribution is 2.33. The minimum atomic E-state index is -0.542. The standard InChI is InChI=1S/C14H18N2O4/c1-9-14(18)16(2)11-5-4-10(8-12(11)20-9)13(17)15-6-7-19-3/h4-5,8-9H,6-7H2,1-3H3,(H,15,17). The minimum absolute atomic E-state index is 0.102. The largest absolute Gasteiger partial charge is 0.479 e. The molecule has 0 aliphatic carbocycles. The van der Waals surface area contributed by atoms with Gasteiger partial charge >= 0.3 is 0 Å². The Morgan fingerprint density at radius 1 is 1.50 bits per heavy atom. The SMILES string of the molecule is COCCNC(=O)c1ccc2c(c1)OC(C)C(=O)N2C. The molecule has 1 atom stereocenters. The zero-order valence-corrected chi connectivity index (χ0v) is 11.8. The molecular formula is C14H18N2O4. The number of carbonyl (C=O) groups is 2. The van der Waals surface area contributed by atoms with Crippen molar-refractivity contribution in [3.8, 4) is 5.75 Å². The van der Waals surface area contributed by atoms with Crippen molar-refractivity contribution < 1.29 is 19.1 Å².